The largest absolute Gasteiger partial charge is 0.369 e. The van der Waals surface area contributed by atoms with Crippen LogP contribution in [-0.2, 0) is 9.59 Å². The van der Waals surface area contributed by atoms with E-state index >= 15 is 0 Å². The summed E-state index contributed by atoms with van der Waals surface area (Å²) in [5.41, 5.74) is 5.65. The highest BCUT2D eigenvalue weighted by atomic mass is 32.2. The predicted octanol–water partition coefficient (Wildman–Crippen LogP) is 4.53. The van der Waals surface area contributed by atoms with Gasteiger partial charge in [-0.05, 0) is 94.7 Å². The Kier molecular flexibility index (Phi) is 8.99. The number of hydrogen-bond acceptors (Lipinski definition) is 7. The number of primary amides is 1. The summed E-state index contributed by atoms with van der Waals surface area (Å²) >= 11 is 1.28. The summed E-state index contributed by atoms with van der Waals surface area (Å²) in [4.78, 5) is 33.9. The summed E-state index contributed by atoms with van der Waals surface area (Å²) in [5.74, 6) is 1.93. The summed E-state index contributed by atoms with van der Waals surface area (Å²) in [6.07, 6.45) is 9.43. The summed E-state index contributed by atoms with van der Waals surface area (Å²) < 4.78 is 3.11. The molecular weight excluding hydrogens is 464 g/mol. The molecule has 4 N–H and O–H groups in total. The minimum Gasteiger partial charge on any atom is -0.369 e. The lowest BCUT2D eigenvalue weighted by Gasteiger charge is -2.42. The third-order valence-electron chi connectivity index (χ3n) is 8.39. The van der Waals surface area contributed by atoms with Crippen LogP contribution in [0.4, 0.5) is 5.69 Å². The van der Waals surface area contributed by atoms with Gasteiger partial charge in [-0.3, -0.25) is 14.9 Å². The first-order valence-electron chi connectivity index (χ1n) is 12.6. The van der Waals surface area contributed by atoms with Crippen molar-refractivity contribution in [2.24, 2.45) is 28.9 Å². The summed E-state index contributed by atoms with van der Waals surface area (Å²) in [5, 5.41) is 14.3. The van der Waals surface area contributed by atoms with Crippen molar-refractivity contribution in [1.82, 2.24) is 10.0 Å². The molecule has 9 heteroatoms. The first kappa shape index (κ1) is 27.6. The van der Waals surface area contributed by atoms with E-state index in [0.29, 0.717) is 29.4 Å². The van der Waals surface area contributed by atoms with E-state index in [1.165, 1.54) is 37.3 Å². The summed E-state index contributed by atoms with van der Waals surface area (Å²) in [6, 6.07) is 5.62. The second kappa shape index (κ2) is 11.4. The van der Waals surface area contributed by atoms with E-state index in [2.05, 4.69) is 30.9 Å². The number of carbonyl (C=O) groups excluding carboxylic acids is 2. The third-order valence-corrected chi connectivity index (χ3v) is 9.39. The molecule has 2 bridgehead atoms. The van der Waals surface area contributed by atoms with Crippen molar-refractivity contribution in [3.63, 3.8) is 0 Å². The predicted molar refractivity (Wildman–Crippen MR) is 139 cm³/mol. The van der Waals surface area contributed by atoms with E-state index in [1.54, 1.807) is 13.0 Å². The second-order valence-corrected chi connectivity index (χ2v) is 12.0. The molecule has 1 aromatic carbocycles. The van der Waals surface area contributed by atoms with Crippen LogP contribution >= 0.6 is 11.9 Å². The molecule has 3 saturated carbocycles. The number of amides is 1. The number of nitrogens with one attached hydrogen (secondary N) is 2. The first-order valence-corrected chi connectivity index (χ1v) is 13.5. The Bertz CT molecular complexity index is 938. The van der Waals surface area contributed by atoms with Gasteiger partial charge in [-0.15, -0.1) is 0 Å². The van der Waals surface area contributed by atoms with Crippen LogP contribution in [0.15, 0.2) is 23.1 Å². The molecule has 8 nitrogen and oxygen atoms in total. The smallest absolute Gasteiger partial charge is 0.273 e. The van der Waals surface area contributed by atoms with Crippen LogP contribution in [0, 0.1) is 40.2 Å². The minimum atomic E-state index is -0.440. The zero-order valence-electron chi connectivity index (χ0n) is 21.3. The number of aryl methyl sites for hydroxylation is 1. The lowest BCUT2D eigenvalue weighted by Crippen LogP contribution is -2.49. The molecule has 0 aliphatic heterocycles. The molecule has 1 aromatic rings. The molecular formula is C26H40N4O4S. The number of nitro groups is 1. The molecule has 0 radical (unpaired) electrons. The molecule has 3 aliphatic carbocycles. The highest BCUT2D eigenvalue weighted by molar-refractivity contribution is 7.97. The molecule has 3 aliphatic rings. The van der Waals surface area contributed by atoms with E-state index in [9.17, 15) is 19.7 Å². The van der Waals surface area contributed by atoms with Gasteiger partial charge < -0.3 is 15.8 Å². The van der Waals surface area contributed by atoms with Crippen LogP contribution in [0.1, 0.15) is 70.8 Å². The number of aldehydes is 1. The second-order valence-electron chi connectivity index (χ2n) is 11.1. The topological polar surface area (TPSA) is 127 Å². The van der Waals surface area contributed by atoms with Gasteiger partial charge in [0.15, 0.2) is 0 Å². The van der Waals surface area contributed by atoms with Gasteiger partial charge in [-0.2, -0.15) is 0 Å². The SMILES string of the molecule is CNC1C(C)CCC2CC1CC(C)(C(N)=O)C2.Cc1ccc(SNC2(C=O)CCC2)cc1[N+](=O)[O-]. The number of fused-ring (bicyclic) bond motifs is 2. The van der Waals surface area contributed by atoms with E-state index < -0.39 is 10.5 Å². The van der Waals surface area contributed by atoms with Crippen LogP contribution in [0.2, 0.25) is 0 Å². The molecule has 5 atom stereocenters. The Labute approximate surface area is 212 Å². The lowest BCUT2D eigenvalue weighted by molar-refractivity contribution is -0.385. The van der Waals surface area contributed by atoms with Crippen LogP contribution in [0.25, 0.3) is 0 Å². The van der Waals surface area contributed by atoms with Gasteiger partial charge in [0, 0.05) is 28.0 Å². The van der Waals surface area contributed by atoms with Crippen molar-refractivity contribution in [2.45, 2.75) is 88.6 Å². The van der Waals surface area contributed by atoms with E-state index in [-0.39, 0.29) is 17.0 Å². The molecule has 194 valence electrons. The maximum atomic E-state index is 11.7. The molecule has 0 spiro atoms. The normalized spacial score (nSPS) is 31.2. The monoisotopic (exact) mass is 504 g/mol. The van der Waals surface area contributed by atoms with Crippen LogP contribution in [0.3, 0.4) is 0 Å². The highest BCUT2D eigenvalue weighted by Gasteiger charge is 2.45. The fourth-order valence-electron chi connectivity index (χ4n) is 6.06. The number of nitrogens with zero attached hydrogens (tertiary/aromatic N) is 1. The Morgan fingerprint density at radius 1 is 1.29 bits per heavy atom. The van der Waals surface area contributed by atoms with Crippen LogP contribution < -0.4 is 15.8 Å². The van der Waals surface area contributed by atoms with Crippen molar-refractivity contribution in [2.75, 3.05) is 7.05 Å². The molecule has 4 rings (SSSR count). The maximum Gasteiger partial charge on any atom is 0.273 e. The average Bonchev–Trinajstić information content (AvgIpc) is 2.89. The quantitative estimate of drug-likeness (QED) is 0.215. The molecule has 0 aromatic heterocycles. The third kappa shape index (κ3) is 6.43. The summed E-state index contributed by atoms with van der Waals surface area (Å²) in [7, 11) is 2.05. The minimum absolute atomic E-state index is 0.100. The lowest BCUT2D eigenvalue weighted by atomic mass is 9.64. The number of rotatable bonds is 7. The van der Waals surface area contributed by atoms with Gasteiger partial charge in [0.05, 0.1) is 10.5 Å². The molecule has 3 fully saturated rings. The maximum absolute atomic E-state index is 11.7. The number of nitro benzene ring substituents is 1. The summed E-state index contributed by atoms with van der Waals surface area (Å²) in [6.45, 7) is 6.11. The molecule has 0 saturated heterocycles. The van der Waals surface area contributed by atoms with Gasteiger partial charge in [0.2, 0.25) is 5.91 Å². The van der Waals surface area contributed by atoms with Crippen molar-refractivity contribution >= 4 is 29.8 Å². The number of hydrogen-bond donors (Lipinski definition) is 3. The fourth-order valence-corrected chi connectivity index (χ4v) is 6.94. The number of nitrogens with two attached hydrogens (primary N) is 1. The van der Waals surface area contributed by atoms with Gasteiger partial charge in [-0.25, -0.2) is 4.72 Å². The van der Waals surface area contributed by atoms with Crippen molar-refractivity contribution in [3.05, 3.63) is 33.9 Å². The molecule has 5 unspecified atom stereocenters. The molecule has 35 heavy (non-hydrogen) atoms. The van der Waals surface area contributed by atoms with Crippen LogP contribution in [-0.4, -0.2) is 35.7 Å². The van der Waals surface area contributed by atoms with Crippen molar-refractivity contribution < 1.29 is 14.5 Å². The first-order chi connectivity index (χ1) is 16.5. The average molecular weight is 505 g/mol. The van der Waals surface area contributed by atoms with E-state index in [4.69, 9.17) is 5.73 Å². The fraction of sp³-hybridized carbons (Fsp3) is 0.692. The zero-order valence-corrected chi connectivity index (χ0v) is 22.2. The Morgan fingerprint density at radius 3 is 2.54 bits per heavy atom. The number of carbonyl (C=O) groups is 2. The van der Waals surface area contributed by atoms with Gasteiger partial charge >= 0.3 is 0 Å². The standard InChI is InChI=1S/C14H26N2O.C12H14N2O3S/c1-9-4-5-10-6-11(12(9)16-3)8-14(2,7-10)13(15)17;1-9-3-4-10(7-11(9)14(16)17)18-13-12(8-15)5-2-6-12/h9-12,16H,4-8H2,1-3H3,(H2,15,17);3-4,7-8,13H,2,5-6H2,1H3. The van der Waals surface area contributed by atoms with Gasteiger partial charge in [0.25, 0.3) is 5.69 Å². The highest BCUT2D eigenvalue weighted by Crippen LogP contribution is 2.48. The van der Waals surface area contributed by atoms with E-state index in [0.717, 1.165) is 43.3 Å². The van der Waals surface area contributed by atoms with Gasteiger partial charge in [0.1, 0.15) is 6.29 Å². The van der Waals surface area contributed by atoms with Crippen molar-refractivity contribution in [3.8, 4) is 0 Å². The Balaban J connectivity index is 0.000000196. The van der Waals surface area contributed by atoms with Crippen molar-refractivity contribution in [1.29, 1.82) is 0 Å². The van der Waals surface area contributed by atoms with Crippen LogP contribution in [0.5, 0.6) is 0 Å². The number of benzene rings is 1. The zero-order chi connectivity index (χ0) is 25.8. The molecule has 1 amide bonds. The Hall–Kier alpha value is -1.97. The van der Waals surface area contributed by atoms with E-state index in [1.807, 2.05) is 6.07 Å². The Morgan fingerprint density at radius 2 is 2.00 bits per heavy atom. The van der Waals surface area contributed by atoms with Gasteiger partial charge in [-0.1, -0.05) is 26.3 Å². The molecule has 0 heterocycles.